The summed E-state index contributed by atoms with van der Waals surface area (Å²) in [6.07, 6.45) is 1.56. The van der Waals surface area contributed by atoms with Crippen LogP contribution in [0, 0.1) is 6.92 Å². The van der Waals surface area contributed by atoms with Crippen molar-refractivity contribution in [1.82, 2.24) is 9.55 Å². The van der Waals surface area contributed by atoms with Crippen LogP contribution in [0.15, 0.2) is 62.4 Å². The zero-order chi connectivity index (χ0) is 20.4. The molecule has 0 spiro atoms. The fraction of sp³-hybridized carbons (Fsp3) is 0.150. The van der Waals surface area contributed by atoms with Crippen LogP contribution in [0.25, 0.3) is 10.2 Å². The van der Waals surface area contributed by atoms with Crippen molar-refractivity contribution in [3.8, 4) is 0 Å². The number of aryl methyl sites for hydroxylation is 1. The number of hydrogen-bond donors (Lipinski definition) is 1. The lowest BCUT2D eigenvalue weighted by Gasteiger charge is -2.11. The standard InChI is InChI=1S/C20H16ClN3O3S2/c1-12-4-5-15(14(21)9-12)22-17(25)11-29-20-23-16-6-8-28-18(16)19(26)24(20)10-13-3-2-7-27-13/h2-9H,10-11H2,1H3,(H,22,25). The molecule has 0 unspecified atom stereocenters. The summed E-state index contributed by atoms with van der Waals surface area (Å²) in [5.74, 6) is 0.497. The second-order valence-electron chi connectivity index (χ2n) is 6.32. The molecule has 3 aromatic heterocycles. The maximum Gasteiger partial charge on any atom is 0.272 e. The summed E-state index contributed by atoms with van der Waals surface area (Å²) < 4.78 is 7.50. The second kappa shape index (κ2) is 8.44. The molecule has 0 radical (unpaired) electrons. The van der Waals surface area contributed by atoms with Gasteiger partial charge in [-0.3, -0.25) is 14.2 Å². The molecule has 0 saturated heterocycles. The Morgan fingerprint density at radius 3 is 2.97 bits per heavy atom. The van der Waals surface area contributed by atoms with Crippen LogP contribution in [0.5, 0.6) is 0 Å². The van der Waals surface area contributed by atoms with Crippen molar-refractivity contribution in [3.05, 3.63) is 74.7 Å². The number of halogens is 1. The number of amides is 1. The van der Waals surface area contributed by atoms with Crippen molar-refractivity contribution < 1.29 is 9.21 Å². The van der Waals surface area contributed by atoms with Crippen LogP contribution < -0.4 is 10.9 Å². The fourth-order valence-electron chi connectivity index (χ4n) is 2.77. The van der Waals surface area contributed by atoms with E-state index in [2.05, 4.69) is 10.3 Å². The SMILES string of the molecule is Cc1ccc(NC(=O)CSc2nc3ccsc3c(=O)n2Cc2ccco2)c(Cl)c1. The molecule has 1 aromatic carbocycles. The van der Waals surface area contributed by atoms with Gasteiger partial charge in [-0.15, -0.1) is 11.3 Å². The number of nitrogens with zero attached hydrogens (tertiary/aromatic N) is 2. The molecule has 148 valence electrons. The first kappa shape index (κ1) is 19.8. The number of anilines is 1. The summed E-state index contributed by atoms with van der Waals surface area (Å²) >= 11 is 8.73. The van der Waals surface area contributed by atoms with Gasteiger partial charge in [-0.2, -0.15) is 0 Å². The van der Waals surface area contributed by atoms with Crippen LogP contribution in [0.4, 0.5) is 5.69 Å². The quantitative estimate of drug-likeness (QED) is 0.341. The average Bonchev–Trinajstić information content (AvgIpc) is 3.36. The van der Waals surface area contributed by atoms with Crippen molar-refractivity contribution in [2.75, 3.05) is 11.1 Å². The first-order valence-corrected chi connectivity index (χ1v) is 10.9. The molecule has 29 heavy (non-hydrogen) atoms. The molecule has 0 bridgehead atoms. The molecule has 4 aromatic rings. The summed E-state index contributed by atoms with van der Waals surface area (Å²) in [7, 11) is 0. The molecule has 0 aliphatic rings. The molecule has 6 nitrogen and oxygen atoms in total. The molecule has 0 fully saturated rings. The largest absolute Gasteiger partial charge is 0.467 e. The highest BCUT2D eigenvalue weighted by atomic mass is 35.5. The lowest BCUT2D eigenvalue weighted by molar-refractivity contribution is -0.113. The average molecular weight is 446 g/mol. The van der Waals surface area contributed by atoms with E-state index in [4.69, 9.17) is 16.0 Å². The smallest absolute Gasteiger partial charge is 0.272 e. The number of furan rings is 1. The number of carbonyl (C=O) groups is 1. The molecule has 0 aliphatic carbocycles. The van der Waals surface area contributed by atoms with Gasteiger partial charge in [0.05, 0.1) is 34.8 Å². The van der Waals surface area contributed by atoms with Gasteiger partial charge in [0.2, 0.25) is 5.91 Å². The van der Waals surface area contributed by atoms with E-state index in [-0.39, 0.29) is 23.8 Å². The lowest BCUT2D eigenvalue weighted by Crippen LogP contribution is -2.24. The molecule has 9 heteroatoms. The third kappa shape index (κ3) is 4.39. The maximum absolute atomic E-state index is 12.9. The van der Waals surface area contributed by atoms with Crippen LogP contribution in [-0.4, -0.2) is 21.2 Å². The highest BCUT2D eigenvalue weighted by molar-refractivity contribution is 7.99. The molecule has 3 heterocycles. The number of benzene rings is 1. The second-order valence-corrected chi connectivity index (χ2v) is 8.59. The first-order valence-electron chi connectivity index (χ1n) is 8.70. The van der Waals surface area contributed by atoms with E-state index in [1.165, 1.54) is 27.7 Å². The number of carbonyl (C=O) groups excluding carboxylic acids is 1. The van der Waals surface area contributed by atoms with Crippen LogP contribution in [0.3, 0.4) is 0 Å². The van der Waals surface area contributed by atoms with Gasteiger partial charge in [0, 0.05) is 0 Å². The predicted molar refractivity (Wildman–Crippen MR) is 117 cm³/mol. The summed E-state index contributed by atoms with van der Waals surface area (Å²) in [4.78, 5) is 29.9. The van der Waals surface area contributed by atoms with Gasteiger partial charge < -0.3 is 9.73 Å². The monoisotopic (exact) mass is 445 g/mol. The summed E-state index contributed by atoms with van der Waals surface area (Å²) in [5, 5.41) is 5.57. The van der Waals surface area contributed by atoms with Gasteiger partial charge in [-0.1, -0.05) is 29.4 Å². The van der Waals surface area contributed by atoms with E-state index in [9.17, 15) is 9.59 Å². The van der Waals surface area contributed by atoms with E-state index in [1.54, 1.807) is 36.6 Å². The van der Waals surface area contributed by atoms with Crippen LogP contribution in [0.1, 0.15) is 11.3 Å². The number of aromatic nitrogens is 2. The highest BCUT2D eigenvalue weighted by Crippen LogP contribution is 2.25. The van der Waals surface area contributed by atoms with Crippen molar-refractivity contribution in [1.29, 1.82) is 0 Å². The Hall–Kier alpha value is -2.55. The van der Waals surface area contributed by atoms with E-state index < -0.39 is 0 Å². The third-order valence-electron chi connectivity index (χ3n) is 4.16. The van der Waals surface area contributed by atoms with Crippen LogP contribution in [0.2, 0.25) is 5.02 Å². The van der Waals surface area contributed by atoms with Crippen molar-refractivity contribution in [2.45, 2.75) is 18.6 Å². The topological polar surface area (TPSA) is 77.1 Å². The highest BCUT2D eigenvalue weighted by Gasteiger charge is 2.16. The molecule has 0 aliphatic heterocycles. The number of thioether (sulfide) groups is 1. The normalized spacial score (nSPS) is 11.1. The molecule has 1 N–H and O–H groups in total. The van der Waals surface area contributed by atoms with Gasteiger partial charge in [-0.25, -0.2) is 4.98 Å². The molecule has 0 saturated carbocycles. The zero-order valence-electron chi connectivity index (χ0n) is 15.3. The number of hydrogen-bond acceptors (Lipinski definition) is 6. The third-order valence-corrected chi connectivity index (χ3v) is 6.34. The lowest BCUT2D eigenvalue weighted by atomic mass is 10.2. The Balaban J connectivity index is 1.56. The summed E-state index contributed by atoms with van der Waals surface area (Å²) in [6, 6.07) is 10.8. The Labute approximate surface area is 179 Å². The number of fused-ring (bicyclic) bond motifs is 1. The minimum atomic E-state index is -0.232. The van der Waals surface area contributed by atoms with Gasteiger partial charge >= 0.3 is 0 Å². The Morgan fingerprint density at radius 2 is 2.21 bits per heavy atom. The minimum Gasteiger partial charge on any atom is -0.467 e. The van der Waals surface area contributed by atoms with Crippen molar-refractivity contribution in [2.24, 2.45) is 0 Å². The molecular formula is C20H16ClN3O3S2. The molecule has 4 rings (SSSR count). The first-order chi connectivity index (χ1) is 14.0. The predicted octanol–water partition coefficient (Wildman–Crippen LogP) is 4.79. The minimum absolute atomic E-state index is 0.0877. The van der Waals surface area contributed by atoms with Crippen molar-refractivity contribution >= 4 is 56.5 Å². The number of thiophene rings is 1. The summed E-state index contributed by atoms with van der Waals surface area (Å²) in [6.45, 7) is 2.18. The molecule has 0 atom stereocenters. The van der Waals surface area contributed by atoms with Crippen LogP contribution in [-0.2, 0) is 11.3 Å². The maximum atomic E-state index is 12.9. The Bertz CT molecular complexity index is 1230. The van der Waals surface area contributed by atoms with Crippen LogP contribution >= 0.6 is 34.7 Å². The fourth-order valence-corrected chi connectivity index (χ4v) is 4.63. The van der Waals surface area contributed by atoms with E-state index in [0.29, 0.717) is 31.8 Å². The van der Waals surface area contributed by atoms with Crippen molar-refractivity contribution in [3.63, 3.8) is 0 Å². The van der Waals surface area contributed by atoms with Gasteiger partial charge in [0.25, 0.3) is 5.56 Å². The molecular weight excluding hydrogens is 430 g/mol. The Morgan fingerprint density at radius 1 is 1.34 bits per heavy atom. The molecule has 1 amide bonds. The van der Waals surface area contributed by atoms with E-state index in [0.717, 1.165) is 5.56 Å². The number of nitrogens with one attached hydrogen (secondary N) is 1. The van der Waals surface area contributed by atoms with Gasteiger partial charge in [0.15, 0.2) is 5.16 Å². The summed E-state index contributed by atoms with van der Waals surface area (Å²) in [5.41, 5.74) is 2.04. The zero-order valence-corrected chi connectivity index (χ0v) is 17.7. The number of rotatable bonds is 6. The van der Waals surface area contributed by atoms with Gasteiger partial charge in [0.1, 0.15) is 10.5 Å². The van der Waals surface area contributed by atoms with Gasteiger partial charge in [-0.05, 0) is 48.2 Å². The Kier molecular flexibility index (Phi) is 5.75. The van der Waals surface area contributed by atoms with E-state index >= 15 is 0 Å². The van der Waals surface area contributed by atoms with E-state index in [1.807, 2.05) is 18.4 Å².